The van der Waals surface area contributed by atoms with Gasteiger partial charge in [0.2, 0.25) is 0 Å². The van der Waals surface area contributed by atoms with Gasteiger partial charge < -0.3 is 10.6 Å². The van der Waals surface area contributed by atoms with E-state index in [-0.39, 0.29) is 17.2 Å². The molecule has 0 aliphatic rings. The summed E-state index contributed by atoms with van der Waals surface area (Å²) in [6.07, 6.45) is 0.872. The molecule has 0 fully saturated rings. The smallest absolute Gasteiger partial charge is 0.319 e. The molecule has 0 aliphatic heterocycles. The molecule has 132 valence electrons. The molecular weight excluding hydrogens is 312 g/mol. The van der Waals surface area contributed by atoms with Crippen molar-refractivity contribution in [3.8, 4) is 0 Å². The highest BCUT2D eigenvalue weighted by atomic mass is 16.2. The fraction of sp³-hybridized carbons (Fsp3) is 0.333. The van der Waals surface area contributed by atoms with E-state index in [1.54, 1.807) is 24.3 Å². The Morgan fingerprint density at radius 3 is 2.24 bits per heavy atom. The van der Waals surface area contributed by atoms with Gasteiger partial charge in [0.05, 0.1) is 0 Å². The van der Waals surface area contributed by atoms with Crippen LogP contribution in [0, 0.1) is 0 Å². The van der Waals surface area contributed by atoms with Crippen molar-refractivity contribution in [2.45, 2.75) is 39.5 Å². The normalized spacial score (nSPS) is 11.0. The molecule has 0 saturated heterocycles. The predicted molar refractivity (Wildman–Crippen MR) is 102 cm³/mol. The topological polar surface area (TPSA) is 58.2 Å². The third-order valence-electron chi connectivity index (χ3n) is 3.93. The summed E-state index contributed by atoms with van der Waals surface area (Å²) < 4.78 is 0. The molecule has 4 nitrogen and oxygen atoms in total. The highest BCUT2D eigenvalue weighted by molar-refractivity contribution is 6.09. The van der Waals surface area contributed by atoms with Crippen molar-refractivity contribution in [1.29, 1.82) is 0 Å². The molecule has 2 amide bonds. The zero-order chi connectivity index (χ0) is 18.4. The minimum absolute atomic E-state index is 0.0528. The Hall–Kier alpha value is -2.62. The van der Waals surface area contributed by atoms with E-state index in [0.717, 1.165) is 6.42 Å². The summed E-state index contributed by atoms with van der Waals surface area (Å²) in [5.41, 5.74) is 3.03. The molecular formula is C21H26N2O2. The van der Waals surface area contributed by atoms with Crippen LogP contribution in [0.3, 0.4) is 0 Å². The van der Waals surface area contributed by atoms with E-state index >= 15 is 0 Å². The van der Waals surface area contributed by atoms with Crippen LogP contribution < -0.4 is 10.6 Å². The number of amides is 2. The first-order valence-electron chi connectivity index (χ1n) is 8.61. The zero-order valence-corrected chi connectivity index (χ0v) is 15.3. The number of anilines is 1. The Labute approximate surface area is 149 Å². The first kappa shape index (κ1) is 18.7. The van der Waals surface area contributed by atoms with Gasteiger partial charge in [-0.1, -0.05) is 64.1 Å². The molecule has 2 aromatic carbocycles. The van der Waals surface area contributed by atoms with Gasteiger partial charge >= 0.3 is 6.03 Å². The number of rotatable bonds is 5. The Morgan fingerprint density at radius 1 is 0.960 bits per heavy atom. The van der Waals surface area contributed by atoms with Crippen molar-refractivity contribution in [3.63, 3.8) is 0 Å². The maximum atomic E-state index is 12.7. The van der Waals surface area contributed by atoms with Gasteiger partial charge in [0.1, 0.15) is 0 Å². The number of urea groups is 1. The van der Waals surface area contributed by atoms with E-state index in [0.29, 0.717) is 23.4 Å². The van der Waals surface area contributed by atoms with E-state index in [1.165, 1.54) is 5.56 Å². The van der Waals surface area contributed by atoms with Gasteiger partial charge in [-0.3, -0.25) is 4.79 Å². The monoisotopic (exact) mass is 338 g/mol. The molecule has 0 heterocycles. The van der Waals surface area contributed by atoms with Gasteiger partial charge in [0.25, 0.3) is 0 Å². The molecule has 0 saturated carbocycles. The third-order valence-corrected chi connectivity index (χ3v) is 3.93. The molecule has 0 radical (unpaired) electrons. The van der Waals surface area contributed by atoms with Gasteiger partial charge in [-0.05, 0) is 29.5 Å². The van der Waals surface area contributed by atoms with Gasteiger partial charge in [-0.2, -0.15) is 0 Å². The summed E-state index contributed by atoms with van der Waals surface area (Å²) in [4.78, 5) is 24.4. The molecule has 2 N–H and O–H groups in total. The van der Waals surface area contributed by atoms with Crippen LogP contribution in [0.4, 0.5) is 10.5 Å². The number of hydrogen-bond acceptors (Lipinski definition) is 2. The molecule has 25 heavy (non-hydrogen) atoms. The van der Waals surface area contributed by atoms with Crippen molar-refractivity contribution in [2.24, 2.45) is 0 Å². The largest absolute Gasteiger partial charge is 0.338 e. The highest BCUT2D eigenvalue weighted by Crippen LogP contribution is 2.23. The van der Waals surface area contributed by atoms with Gasteiger partial charge in [0.15, 0.2) is 5.78 Å². The number of benzene rings is 2. The van der Waals surface area contributed by atoms with Crippen molar-refractivity contribution in [2.75, 3.05) is 11.9 Å². The Balaban J connectivity index is 2.14. The number of carbonyl (C=O) groups is 2. The second kappa shape index (κ2) is 7.97. The molecule has 2 rings (SSSR count). The summed E-state index contributed by atoms with van der Waals surface area (Å²) in [6.45, 7) is 9.03. The number of nitrogens with one attached hydrogen (secondary N) is 2. The van der Waals surface area contributed by atoms with Gasteiger partial charge in [0, 0.05) is 23.4 Å². The first-order chi connectivity index (χ1) is 11.8. The molecule has 0 spiro atoms. The van der Waals surface area contributed by atoms with Crippen LogP contribution >= 0.6 is 0 Å². The second-order valence-corrected chi connectivity index (χ2v) is 7.12. The minimum Gasteiger partial charge on any atom is -0.338 e. The predicted octanol–water partition coefficient (Wildman–Crippen LogP) is 4.75. The van der Waals surface area contributed by atoms with Crippen LogP contribution in [0.1, 0.15) is 55.6 Å². The van der Waals surface area contributed by atoms with Crippen molar-refractivity contribution >= 4 is 17.5 Å². The first-order valence-corrected chi connectivity index (χ1v) is 8.61. The van der Waals surface area contributed by atoms with E-state index in [4.69, 9.17) is 0 Å². The molecule has 0 aromatic heterocycles. The Kier molecular flexibility index (Phi) is 5.97. The third kappa shape index (κ3) is 5.18. The number of hydrogen-bond donors (Lipinski definition) is 2. The van der Waals surface area contributed by atoms with Crippen LogP contribution in [0.25, 0.3) is 0 Å². The fourth-order valence-electron chi connectivity index (χ4n) is 2.44. The molecule has 2 aromatic rings. The molecule has 0 bridgehead atoms. The minimum atomic E-state index is -0.263. The Bertz CT molecular complexity index is 743. The molecule has 0 aliphatic carbocycles. The lowest BCUT2D eigenvalue weighted by Gasteiger charge is -2.19. The quantitative estimate of drug-likeness (QED) is 0.773. The van der Waals surface area contributed by atoms with E-state index in [9.17, 15) is 9.59 Å². The average Bonchev–Trinajstić information content (AvgIpc) is 2.59. The molecule has 0 unspecified atom stereocenters. The highest BCUT2D eigenvalue weighted by Gasteiger charge is 2.15. The maximum absolute atomic E-state index is 12.7. The number of ketones is 1. The zero-order valence-electron chi connectivity index (χ0n) is 15.3. The summed E-state index contributed by atoms with van der Waals surface area (Å²) in [5.74, 6) is -0.0573. The lowest BCUT2D eigenvalue weighted by molar-refractivity contribution is 0.103. The summed E-state index contributed by atoms with van der Waals surface area (Å²) >= 11 is 0. The lowest BCUT2D eigenvalue weighted by atomic mass is 9.86. The van der Waals surface area contributed by atoms with Gasteiger partial charge in [-0.25, -0.2) is 4.79 Å². The van der Waals surface area contributed by atoms with Crippen molar-refractivity contribution < 1.29 is 9.59 Å². The van der Waals surface area contributed by atoms with E-state index in [2.05, 4.69) is 31.4 Å². The van der Waals surface area contributed by atoms with Crippen molar-refractivity contribution in [1.82, 2.24) is 5.32 Å². The van der Waals surface area contributed by atoms with E-state index < -0.39 is 0 Å². The SMILES string of the molecule is CCCNC(=O)Nc1cccc(C(=O)c2ccc(C(C)(C)C)cc2)c1. The molecule has 0 atom stereocenters. The Morgan fingerprint density at radius 2 is 1.64 bits per heavy atom. The van der Waals surface area contributed by atoms with Crippen LogP contribution in [-0.2, 0) is 5.41 Å². The standard InChI is InChI=1S/C21H26N2O2/c1-5-13-22-20(25)23-18-8-6-7-16(14-18)19(24)15-9-11-17(12-10-15)21(2,3)4/h6-12,14H,5,13H2,1-4H3,(H2,22,23,25). The van der Waals surface area contributed by atoms with Crippen molar-refractivity contribution in [3.05, 3.63) is 65.2 Å². The van der Waals surface area contributed by atoms with Crippen LogP contribution in [0.15, 0.2) is 48.5 Å². The summed E-state index contributed by atoms with van der Waals surface area (Å²) in [6, 6.07) is 14.4. The van der Waals surface area contributed by atoms with Crippen LogP contribution in [-0.4, -0.2) is 18.4 Å². The summed E-state index contributed by atoms with van der Waals surface area (Å²) in [5, 5.41) is 5.50. The van der Waals surface area contributed by atoms with Gasteiger partial charge in [-0.15, -0.1) is 0 Å². The summed E-state index contributed by atoms with van der Waals surface area (Å²) in [7, 11) is 0. The molecule has 4 heteroatoms. The fourth-order valence-corrected chi connectivity index (χ4v) is 2.44. The second-order valence-electron chi connectivity index (χ2n) is 7.12. The maximum Gasteiger partial charge on any atom is 0.319 e. The average molecular weight is 338 g/mol. The lowest BCUT2D eigenvalue weighted by Crippen LogP contribution is -2.29. The van der Waals surface area contributed by atoms with E-state index in [1.807, 2.05) is 31.2 Å². The van der Waals surface area contributed by atoms with Crippen LogP contribution in [0.2, 0.25) is 0 Å². The van der Waals surface area contributed by atoms with Crippen LogP contribution in [0.5, 0.6) is 0 Å². The number of carbonyl (C=O) groups excluding carboxylic acids is 2.